The number of hydrogen-bond donors (Lipinski definition) is 2. The maximum absolute atomic E-state index is 12.4. The molecule has 0 unspecified atom stereocenters. The minimum atomic E-state index is -0.0718. The van der Waals surface area contributed by atoms with Gasteiger partial charge in [0, 0.05) is 49.2 Å². The van der Waals surface area contributed by atoms with Gasteiger partial charge in [-0.25, -0.2) is 9.97 Å². The van der Waals surface area contributed by atoms with Crippen molar-refractivity contribution in [2.45, 2.75) is 6.92 Å². The molecule has 1 saturated heterocycles. The molecule has 7 heteroatoms. The molecule has 2 heterocycles. The highest BCUT2D eigenvalue weighted by Crippen LogP contribution is 2.20. The molecule has 3 aromatic rings. The molecule has 0 radical (unpaired) electrons. The summed E-state index contributed by atoms with van der Waals surface area (Å²) < 4.78 is 5.34. The summed E-state index contributed by atoms with van der Waals surface area (Å²) in [6, 6.07) is 17.4. The molecule has 0 aliphatic carbocycles. The van der Waals surface area contributed by atoms with Crippen LogP contribution in [0.1, 0.15) is 15.9 Å². The fourth-order valence-corrected chi connectivity index (χ4v) is 3.39. The second kappa shape index (κ2) is 10.1. The standard InChI is InChI=1S/C24H27N5O2/c1-18-2-4-19(5-3-18)22-10-11-26-24(28-22)27-21-8-6-20(7-9-21)23(30)25-12-13-29-14-16-31-17-15-29/h2-11H,12-17H2,1H3,(H,25,30)(H,26,27,28). The van der Waals surface area contributed by atoms with Crippen LogP contribution in [0.25, 0.3) is 11.3 Å². The monoisotopic (exact) mass is 417 g/mol. The van der Waals surface area contributed by atoms with Gasteiger partial charge in [0.15, 0.2) is 0 Å². The van der Waals surface area contributed by atoms with Gasteiger partial charge in [-0.2, -0.15) is 0 Å². The Morgan fingerprint density at radius 3 is 2.52 bits per heavy atom. The normalized spacial score (nSPS) is 14.2. The Morgan fingerprint density at radius 2 is 1.77 bits per heavy atom. The number of anilines is 2. The van der Waals surface area contributed by atoms with Crippen molar-refractivity contribution in [1.29, 1.82) is 0 Å². The van der Waals surface area contributed by atoms with Crippen molar-refractivity contribution >= 4 is 17.5 Å². The zero-order valence-electron chi connectivity index (χ0n) is 17.7. The number of morpholine rings is 1. The fraction of sp³-hybridized carbons (Fsp3) is 0.292. The zero-order valence-corrected chi connectivity index (χ0v) is 17.7. The summed E-state index contributed by atoms with van der Waals surface area (Å²) in [5.41, 5.74) is 4.56. The van der Waals surface area contributed by atoms with Crippen molar-refractivity contribution in [2.75, 3.05) is 44.7 Å². The molecule has 1 aliphatic rings. The van der Waals surface area contributed by atoms with E-state index in [0.29, 0.717) is 18.1 Å². The largest absolute Gasteiger partial charge is 0.379 e. The van der Waals surface area contributed by atoms with Gasteiger partial charge < -0.3 is 15.4 Å². The molecule has 4 rings (SSSR count). The predicted octanol–water partition coefficient (Wildman–Crippen LogP) is 3.26. The number of nitrogens with one attached hydrogen (secondary N) is 2. The maximum atomic E-state index is 12.4. The highest BCUT2D eigenvalue weighted by atomic mass is 16.5. The lowest BCUT2D eigenvalue weighted by molar-refractivity contribution is 0.0383. The van der Waals surface area contributed by atoms with Crippen LogP contribution in [0.15, 0.2) is 60.8 Å². The van der Waals surface area contributed by atoms with Crippen LogP contribution in [0.5, 0.6) is 0 Å². The molecule has 1 aromatic heterocycles. The van der Waals surface area contributed by atoms with Crippen molar-refractivity contribution in [3.63, 3.8) is 0 Å². The lowest BCUT2D eigenvalue weighted by Gasteiger charge is -2.26. The number of carbonyl (C=O) groups is 1. The van der Waals surface area contributed by atoms with E-state index in [1.165, 1.54) is 5.56 Å². The van der Waals surface area contributed by atoms with Crippen LogP contribution in [-0.2, 0) is 4.74 Å². The van der Waals surface area contributed by atoms with E-state index in [1.54, 1.807) is 18.3 Å². The highest BCUT2D eigenvalue weighted by Gasteiger charge is 2.11. The maximum Gasteiger partial charge on any atom is 0.251 e. The number of aryl methyl sites for hydroxylation is 1. The second-order valence-corrected chi connectivity index (χ2v) is 7.54. The third kappa shape index (κ3) is 5.87. The van der Waals surface area contributed by atoms with Gasteiger partial charge >= 0.3 is 0 Å². The lowest BCUT2D eigenvalue weighted by atomic mass is 10.1. The van der Waals surface area contributed by atoms with Crippen LogP contribution in [0.2, 0.25) is 0 Å². The van der Waals surface area contributed by atoms with Crippen molar-refractivity contribution in [1.82, 2.24) is 20.2 Å². The van der Waals surface area contributed by atoms with Crippen LogP contribution in [0.4, 0.5) is 11.6 Å². The van der Waals surface area contributed by atoms with Crippen LogP contribution < -0.4 is 10.6 Å². The smallest absolute Gasteiger partial charge is 0.251 e. The van der Waals surface area contributed by atoms with Gasteiger partial charge in [0.25, 0.3) is 5.91 Å². The third-order valence-corrected chi connectivity index (χ3v) is 5.22. The fourth-order valence-electron chi connectivity index (χ4n) is 3.39. The van der Waals surface area contributed by atoms with Gasteiger partial charge in [-0.15, -0.1) is 0 Å². The number of aromatic nitrogens is 2. The number of carbonyl (C=O) groups excluding carboxylic acids is 1. The quantitative estimate of drug-likeness (QED) is 0.614. The van der Waals surface area contributed by atoms with E-state index in [1.807, 2.05) is 30.3 Å². The predicted molar refractivity (Wildman–Crippen MR) is 122 cm³/mol. The molecule has 0 saturated carbocycles. The Bertz CT molecular complexity index is 999. The number of ether oxygens (including phenoxy) is 1. The Kier molecular flexibility index (Phi) is 6.86. The molecule has 160 valence electrons. The number of amides is 1. The summed E-state index contributed by atoms with van der Waals surface area (Å²) in [5.74, 6) is 0.443. The molecule has 0 atom stereocenters. The van der Waals surface area contributed by atoms with Gasteiger partial charge in [-0.3, -0.25) is 9.69 Å². The van der Waals surface area contributed by atoms with E-state index in [4.69, 9.17) is 4.74 Å². The Hall–Kier alpha value is -3.29. The summed E-state index contributed by atoms with van der Waals surface area (Å²) in [7, 11) is 0. The SMILES string of the molecule is Cc1ccc(-c2ccnc(Nc3ccc(C(=O)NCCN4CCOCC4)cc3)n2)cc1. The van der Waals surface area contributed by atoms with E-state index in [2.05, 4.69) is 44.6 Å². The van der Waals surface area contributed by atoms with Crippen LogP contribution >= 0.6 is 0 Å². The first-order valence-electron chi connectivity index (χ1n) is 10.5. The van der Waals surface area contributed by atoms with Gasteiger partial charge in [-0.05, 0) is 37.3 Å². The molecule has 1 amide bonds. The first-order valence-corrected chi connectivity index (χ1v) is 10.5. The summed E-state index contributed by atoms with van der Waals surface area (Å²) in [6.45, 7) is 6.89. The molecule has 2 N–H and O–H groups in total. The molecule has 0 bridgehead atoms. The van der Waals surface area contributed by atoms with Gasteiger partial charge in [0.2, 0.25) is 5.95 Å². The van der Waals surface area contributed by atoms with Crippen LogP contribution in [-0.4, -0.2) is 60.2 Å². The number of rotatable bonds is 7. The molecule has 31 heavy (non-hydrogen) atoms. The van der Waals surface area contributed by atoms with Gasteiger partial charge in [0.1, 0.15) is 0 Å². The lowest BCUT2D eigenvalue weighted by Crippen LogP contribution is -2.41. The van der Waals surface area contributed by atoms with E-state index in [0.717, 1.165) is 49.8 Å². The zero-order chi connectivity index (χ0) is 21.5. The third-order valence-electron chi connectivity index (χ3n) is 5.22. The van der Waals surface area contributed by atoms with Crippen molar-refractivity contribution < 1.29 is 9.53 Å². The Labute approximate surface area is 182 Å². The summed E-state index contributed by atoms with van der Waals surface area (Å²) in [6.07, 6.45) is 1.74. The van der Waals surface area contributed by atoms with Crippen molar-refractivity contribution in [3.8, 4) is 11.3 Å². The minimum absolute atomic E-state index is 0.0718. The van der Waals surface area contributed by atoms with Gasteiger partial charge in [0.05, 0.1) is 18.9 Å². The summed E-state index contributed by atoms with van der Waals surface area (Å²) in [4.78, 5) is 23.6. The van der Waals surface area contributed by atoms with E-state index >= 15 is 0 Å². The molecule has 2 aromatic carbocycles. The summed E-state index contributed by atoms with van der Waals surface area (Å²) in [5, 5.41) is 6.18. The molecule has 7 nitrogen and oxygen atoms in total. The molecular weight excluding hydrogens is 390 g/mol. The van der Waals surface area contributed by atoms with Gasteiger partial charge in [-0.1, -0.05) is 29.8 Å². The van der Waals surface area contributed by atoms with Crippen LogP contribution in [0, 0.1) is 6.92 Å². The second-order valence-electron chi connectivity index (χ2n) is 7.54. The topological polar surface area (TPSA) is 79.4 Å². The van der Waals surface area contributed by atoms with E-state index < -0.39 is 0 Å². The Balaban J connectivity index is 1.32. The molecule has 1 aliphatic heterocycles. The average Bonchev–Trinajstić information content (AvgIpc) is 2.81. The van der Waals surface area contributed by atoms with Crippen molar-refractivity contribution in [2.24, 2.45) is 0 Å². The van der Waals surface area contributed by atoms with Crippen LogP contribution in [0.3, 0.4) is 0 Å². The molecular formula is C24H27N5O2. The first kappa shape index (κ1) is 21.0. The van der Waals surface area contributed by atoms with E-state index in [-0.39, 0.29) is 5.91 Å². The van der Waals surface area contributed by atoms with E-state index in [9.17, 15) is 4.79 Å². The number of hydrogen-bond acceptors (Lipinski definition) is 6. The molecule has 1 fully saturated rings. The first-order chi connectivity index (χ1) is 15.2. The summed E-state index contributed by atoms with van der Waals surface area (Å²) >= 11 is 0. The highest BCUT2D eigenvalue weighted by molar-refractivity contribution is 5.94. The minimum Gasteiger partial charge on any atom is -0.379 e. The number of benzene rings is 2. The average molecular weight is 418 g/mol. The van der Waals surface area contributed by atoms with Crippen molar-refractivity contribution in [3.05, 3.63) is 71.9 Å². The molecule has 0 spiro atoms. The number of nitrogens with zero attached hydrogens (tertiary/aromatic N) is 3. The Morgan fingerprint density at radius 1 is 1.03 bits per heavy atom.